The van der Waals surface area contributed by atoms with Crippen LogP contribution in [0.25, 0.3) is 0 Å². The number of nitrogens with one attached hydrogen (secondary N) is 1. The molecule has 2 aromatic rings. The average molecular weight is 469 g/mol. The van der Waals surface area contributed by atoms with Gasteiger partial charge in [0.25, 0.3) is 5.91 Å². The molecular weight excluding hydrogens is 460 g/mol. The Kier molecular flexibility index (Phi) is 5.70. The average Bonchev–Trinajstić information content (AvgIpc) is 2.51. The standard InChI is InChI=1S/C15H9ClF3IN2O2/c16-11-5-9(13(23)12(20)6-11)7-21-22-14(24)8-2-1-3-10(4-8)15(17,18)19/h1-7,23H,(H,22,24)/b21-7-. The maximum atomic E-state index is 12.6. The first-order chi connectivity index (χ1) is 11.2. The number of hydrogen-bond acceptors (Lipinski definition) is 3. The van der Waals surface area contributed by atoms with Crippen LogP contribution in [0.5, 0.6) is 5.75 Å². The molecule has 4 nitrogen and oxygen atoms in total. The molecule has 0 radical (unpaired) electrons. The van der Waals surface area contributed by atoms with Crippen molar-refractivity contribution in [2.24, 2.45) is 5.10 Å². The van der Waals surface area contributed by atoms with Gasteiger partial charge in [-0.2, -0.15) is 18.3 Å². The highest BCUT2D eigenvalue weighted by atomic mass is 127. The van der Waals surface area contributed by atoms with Gasteiger partial charge in [0.15, 0.2) is 0 Å². The smallest absolute Gasteiger partial charge is 0.416 e. The van der Waals surface area contributed by atoms with Crippen LogP contribution in [0.4, 0.5) is 13.2 Å². The molecular formula is C15H9ClF3IN2O2. The van der Waals surface area contributed by atoms with Crippen LogP contribution in [-0.4, -0.2) is 17.2 Å². The molecule has 0 aliphatic carbocycles. The van der Waals surface area contributed by atoms with E-state index in [2.05, 4.69) is 10.5 Å². The first-order valence-corrected chi connectivity index (χ1v) is 7.83. The zero-order chi connectivity index (χ0) is 17.9. The van der Waals surface area contributed by atoms with Gasteiger partial charge in [-0.25, -0.2) is 5.43 Å². The molecule has 0 heterocycles. The summed E-state index contributed by atoms with van der Waals surface area (Å²) in [5.41, 5.74) is 1.24. The number of phenols is 1. The second-order valence-electron chi connectivity index (χ2n) is 4.60. The molecule has 0 saturated carbocycles. The van der Waals surface area contributed by atoms with Crippen LogP contribution in [0.2, 0.25) is 5.02 Å². The van der Waals surface area contributed by atoms with E-state index in [9.17, 15) is 23.1 Å². The Labute approximate surface area is 153 Å². The van der Waals surface area contributed by atoms with E-state index in [1.807, 2.05) is 22.6 Å². The lowest BCUT2D eigenvalue weighted by Crippen LogP contribution is -2.18. The summed E-state index contributed by atoms with van der Waals surface area (Å²) in [4.78, 5) is 11.9. The van der Waals surface area contributed by atoms with Crippen molar-refractivity contribution >= 4 is 46.3 Å². The van der Waals surface area contributed by atoms with Crippen molar-refractivity contribution in [3.63, 3.8) is 0 Å². The lowest BCUT2D eigenvalue weighted by atomic mass is 10.1. The summed E-state index contributed by atoms with van der Waals surface area (Å²) in [5, 5.41) is 13.8. The monoisotopic (exact) mass is 468 g/mol. The largest absolute Gasteiger partial charge is 0.506 e. The number of benzene rings is 2. The van der Waals surface area contributed by atoms with Crippen LogP contribution in [0, 0.1) is 3.57 Å². The zero-order valence-corrected chi connectivity index (χ0v) is 14.6. The van der Waals surface area contributed by atoms with Gasteiger partial charge < -0.3 is 5.11 Å². The highest BCUT2D eigenvalue weighted by Gasteiger charge is 2.30. The van der Waals surface area contributed by atoms with Crippen molar-refractivity contribution in [3.8, 4) is 5.75 Å². The molecule has 0 bridgehead atoms. The van der Waals surface area contributed by atoms with Gasteiger partial charge in [0.1, 0.15) is 5.75 Å². The van der Waals surface area contributed by atoms with E-state index in [4.69, 9.17) is 11.6 Å². The van der Waals surface area contributed by atoms with Crippen molar-refractivity contribution in [1.29, 1.82) is 0 Å². The molecule has 2 aromatic carbocycles. The number of halogens is 5. The summed E-state index contributed by atoms with van der Waals surface area (Å²) in [6, 6.07) is 6.93. The van der Waals surface area contributed by atoms with Crippen LogP contribution < -0.4 is 5.43 Å². The van der Waals surface area contributed by atoms with E-state index < -0.39 is 17.6 Å². The van der Waals surface area contributed by atoms with Crippen molar-refractivity contribution in [2.45, 2.75) is 6.18 Å². The zero-order valence-electron chi connectivity index (χ0n) is 11.7. The van der Waals surface area contributed by atoms with Crippen molar-refractivity contribution in [3.05, 3.63) is 61.7 Å². The number of hydrazone groups is 1. The summed E-state index contributed by atoms with van der Waals surface area (Å²) in [7, 11) is 0. The third-order valence-electron chi connectivity index (χ3n) is 2.88. The second kappa shape index (κ2) is 7.39. The highest BCUT2D eigenvalue weighted by molar-refractivity contribution is 14.1. The van der Waals surface area contributed by atoms with Crippen LogP contribution in [0.15, 0.2) is 41.5 Å². The molecule has 0 atom stereocenters. The Balaban J connectivity index is 2.14. The number of carbonyl (C=O) groups excluding carboxylic acids is 1. The molecule has 24 heavy (non-hydrogen) atoms. The third kappa shape index (κ3) is 4.60. The molecule has 0 aromatic heterocycles. The quantitative estimate of drug-likeness (QED) is 0.398. The summed E-state index contributed by atoms with van der Waals surface area (Å²) in [6.07, 6.45) is -3.39. The van der Waals surface area contributed by atoms with Gasteiger partial charge in [0, 0.05) is 16.1 Å². The predicted octanol–water partition coefficient (Wildman–Crippen LogP) is 4.43. The highest BCUT2D eigenvalue weighted by Crippen LogP contribution is 2.29. The molecule has 126 valence electrons. The lowest BCUT2D eigenvalue weighted by Gasteiger charge is -2.07. The minimum absolute atomic E-state index is 0.0722. The SMILES string of the molecule is O=C(N/N=C\c1cc(Cl)cc(I)c1O)c1cccc(C(F)(F)F)c1. The molecule has 0 spiro atoms. The fraction of sp³-hybridized carbons (Fsp3) is 0.0667. The van der Waals surface area contributed by atoms with Crippen molar-refractivity contribution in [2.75, 3.05) is 0 Å². The normalized spacial score (nSPS) is 11.7. The minimum atomic E-state index is -4.54. The fourth-order valence-electron chi connectivity index (χ4n) is 1.75. The number of phenolic OH excluding ortho intramolecular Hbond substituents is 1. The van der Waals surface area contributed by atoms with E-state index >= 15 is 0 Å². The van der Waals surface area contributed by atoms with E-state index in [-0.39, 0.29) is 16.9 Å². The van der Waals surface area contributed by atoms with E-state index in [0.717, 1.165) is 24.4 Å². The molecule has 0 aliphatic rings. The van der Waals surface area contributed by atoms with Crippen molar-refractivity contribution in [1.82, 2.24) is 5.43 Å². The molecule has 0 aliphatic heterocycles. The number of rotatable bonds is 3. The number of carbonyl (C=O) groups is 1. The summed E-state index contributed by atoms with van der Waals surface area (Å²) in [5.74, 6) is -0.884. The van der Waals surface area contributed by atoms with E-state index in [1.54, 1.807) is 0 Å². The van der Waals surface area contributed by atoms with E-state index in [0.29, 0.717) is 8.59 Å². The van der Waals surface area contributed by atoms with Gasteiger partial charge in [-0.3, -0.25) is 4.79 Å². The van der Waals surface area contributed by atoms with Crippen LogP contribution in [0.3, 0.4) is 0 Å². The topological polar surface area (TPSA) is 61.7 Å². The maximum absolute atomic E-state index is 12.6. The summed E-state index contributed by atoms with van der Waals surface area (Å²) < 4.78 is 38.4. The van der Waals surface area contributed by atoms with Gasteiger partial charge in [0.05, 0.1) is 15.3 Å². The third-order valence-corrected chi connectivity index (χ3v) is 3.92. The summed E-state index contributed by atoms with van der Waals surface area (Å²) in [6.45, 7) is 0. The Morgan fingerprint density at radius 2 is 2.00 bits per heavy atom. The second-order valence-corrected chi connectivity index (χ2v) is 6.20. The van der Waals surface area contributed by atoms with Crippen LogP contribution in [0.1, 0.15) is 21.5 Å². The Morgan fingerprint density at radius 1 is 1.29 bits per heavy atom. The molecule has 2 rings (SSSR count). The number of hydrogen-bond donors (Lipinski definition) is 2. The molecule has 9 heteroatoms. The van der Waals surface area contributed by atoms with Gasteiger partial charge in [0.2, 0.25) is 0 Å². The van der Waals surface area contributed by atoms with Gasteiger partial charge in [-0.05, 0) is 52.9 Å². The summed E-state index contributed by atoms with van der Waals surface area (Å²) >= 11 is 7.72. The molecule has 1 amide bonds. The molecule has 0 unspecified atom stereocenters. The number of aromatic hydroxyl groups is 1. The maximum Gasteiger partial charge on any atom is 0.416 e. The van der Waals surface area contributed by atoms with Crippen molar-refractivity contribution < 1.29 is 23.1 Å². The molecule has 0 saturated heterocycles. The fourth-order valence-corrected chi connectivity index (χ4v) is 2.80. The van der Waals surface area contributed by atoms with E-state index in [1.165, 1.54) is 18.2 Å². The first kappa shape index (κ1) is 18.5. The van der Waals surface area contributed by atoms with Gasteiger partial charge >= 0.3 is 6.18 Å². The van der Waals surface area contributed by atoms with Gasteiger partial charge in [-0.1, -0.05) is 17.7 Å². The van der Waals surface area contributed by atoms with Crippen LogP contribution in [-0.2, 0) is 6.18 Å². The first-order valence-electron chi connectivity index (χ1n) is 6.37. The van der Waals surface area contributed by atoms with Crippen LogP contribution >= 0.6 is 34.2 Å². The Hall–Kier alpha value is -1.81. The van der Waals surface area contributed by atoms with Gasteiger partial charge in [-0.15, -0.1) is 0 Å². The number of amides is 1. The molecule has 2 N–H and O–H groups in total. The predicted molar refractivity (Wildman–Crippen MR) is 92.3 cm³/mol. The minimum Gasteiger partial charge on any atom is -0.506 e. The Morgan fingerprint density at radius 3 is 2.67 bits per heavy atom. The Bertz CT molecular complexity index is 810. The number of alkyl halides is 3. The molecule has 0 fully saturated rings. The number of nitrogens with zero attached hydrogens (tertiary/aromatic N) is 1. The lowest BCUT2D eigenvalue weighted by molar-refractivity contribution is -0.137.